The molecule has 1 unspecified atom stereocenters. The second-order valence-electron chi connectivity index (χ2n) is 20.8. The van der Waals surface area contributed by atoms with Crippen molar-refractivity contribution in [2.75, 3.05) is 20.8 Å². The van der Waals surface area contributed by atoms with Gasteiger partial charge in [0.2, 0.25) is 47.3 Å². The van der Waals surface area contributed by atoms with Crippen molar-refractivity contribution in [3.8, 4) is 11.5 Å². The Bertz CT molecular complexity index is 2500. The number of rotatable bonds is 21. The Morgan fingerprint density at radius 1 is 0.812 bits per heavy atom. The van der Waals surface area contributed by atoms with Crippen molar-refractivity contribution in [2.45, 2.75) is 172 Å². The standard InChI is InChI=1S/C54H79N9O17/c1-9-28(4)43-54(78)80-30(6)44(61-47(71)36(20-22-41(55)68)56-46(70)35(57-50(74)40(67)26-64)19-14-31-10-15-33(66)16-11-31)51(75)59-38(24-27(2)3)48(72)58-37-21-23-42(69)63(52(37)76)45(29(5)65)53(77)62(7)39(49(73)60-43)25-32-12-17-34(79-8)18-13-32/h10-13,15-18,27-30,35-40,42-45,64-67,69H,9,14,19-26H2,1-8H3,(H2,55,68)(H,56,70)(H,57,74)(H,58,72)(H,59,75)(H,60,73)(H,61,71)/t28-,29-,30-,35+,36-,37-,38-,39-,40-,42+,43-,44-,45?/m0/s1. The maximum absolute atomic E-state index is 14.8. The van der Waals surface area contributed by atoms with Gasteiger partial charge in [0, 0.05) is 19.9 Å². The van der Waals surface area contributed by atoms with Gasteiger partial charge in [0.15, 0.2) is 6.10 Å². The highest BCUT2D eigenvalue weighted by atomic mass is 16.5. The molecule has 0 saturated carbocycles. The number of cyclic esters (lactones) is 1. The smallest absolute Gasteiger partial charge is 0.329 e. The molecule has 442 valence electrons. The second kappa shape index (κ2) is 30.2. The zero-order valence-electron chi connectivity index (χ0n) is 46.4. The largest absolute Gasteiger partial charge is 0.508 e. The molecule has 13 atom stereocenters. The maximum atomic E-state index is 14.8. The van der Waals surface area contributed by atoms with E-state index in [4.69, 9.17) is 15.2 Å². The lowest BCUT2D eigenvalue weighted by Crippen LogP contribution is -2.67. The molecule has 13 N–H and O–H groups in total. The SMILES string of the molecule is CC[C@H](C)[C@@H]1NC(=O)[C@H](Cc2ccc(OC)cc2)N(C)C(=O)C([C@H](C)O)N2C(=O)[C@H](CC[C@H]2O)NC(=O)[C@H](CC(C)C)NC(=O)[C@@H](NC(=O)[C@H](CCC(N)=O)NC(=O)[C@@H](CCc2ccc(O)cc2)NC(=O)[C@@H](O)CO)[C@H](C)OC1=O. The zero-order valence-corrected chi connectivity index (χ0v) is 46.4. The molecule has 4 rings (SSSR count). The average Bonchev–Trinajstić information content (AvgIpc) is 3.43. The summed E-state index contributed by atoms with van der Waals surface area (Å²) < 4.78 is 11.2. The third kappa shape index (κ3) is 18.1. The highest BCUT2D eigenvalue weighted by Crippen LogP contribution is 2.26. The molecule has 2 saturated heterocycles. The molecular weight excluding hydrogens is 1050 g/mol. The minimum atomic E-state index is -1.95. The van der Waals surface area contributed by atoms with E-state index in [1.807, 2.05) is 0 Å². The molecule has 2 fully saturated rings. The van der Waals surface area contributed by atoms with Gasteiger partial charge < -0.3 is 82.4 Å². The number of aliphatic hydroxyl groups excluding tert-OH is 4. The third-order valence-corrected chi connectivity index (χ3v) is 14.2. The van der Waals surface area contributed by atoms with Gasteiger partial charge in [0.25, 0.3) is 5.91 Å². The van der Waals surface area contributed by atoms with Gasteiger partial charge in [-0.25, -0.2) is 4.79 Å². The number of aryl methyl sites for hydroxylation is 1. The molecule has 2 bridgehead atoms. The molecule has 26 nitrogen and oxygen atoms in total. The summed E-state index contributed by atoms with van der Waals surface area (Å²) in [5, 5.41) is 67.0. The van der Waals surface area contributed by atoms with E-state index in [1.165, 1.54) is 40.1 Å². The van der Waals surface area contributed by atoms with Crippen molar-refractivity contribution in [1.82, 2.24) is 41.7 Å². The number of phenolic OH excluding ortho intramolecular Hbond substituents is 1. The number of methoxy groups -OCH3 is 1. The van der Waals surface area contributed by atoms with E-state index < -0.39 is 157 Å². The predicted octanol–water partition coefficient (Wildman–Crippen LogP) is -2.34. The molecule has 2 heterocycles. The number of ether oxygens (including phenoxy) is 2. The molecule has 26 heteroatoms. The number of carbonyl (C=O) groups is 10. The molecule has 80 heavy (non-hydrogen) atoms. The quantitative estimate of drug-likeness (QED) is 0.0583. The monoisotopic (exact) mass is 1130 g/mol. The second-order valence-corrected chi connectivity index (χ2v) is 20.8. The maximum Gasteiger partial charge on any atom is 0.329 e. The van der Waals surface area contributed by atoms with Gasteiger partial charge in [0.1, 0.15) is 72.2 Å². The average molecular weight is 1130 g/mol. The van der Waals surface area contributed by atoms with E-state index >= 15 is 0 Å². The molecule has 2 aromatic carbocycles. The highest BCUT2D eigenvalue weighted by Gasteiger charge is 2.47. The van der Waals surface area contributed by atoms with E-state index in [1.54, 1.807) is 64.1 Å². The van der Waals surface area contributed by atoms with Crippen LogP contribution in [0.3, 0.4) is 0 Å². The number of nitrogens with zero attached hydrogens (tertiary/aromatic N) is 2. The Labute approximate surface area is 464 Å². The first kappa shape index (κ1) is 65.1. The predicted molar refractivity (Wildman–Crippen MR) is 285 cm³/mol. The van der Waals surface area contributed by atoms with E-state index in [0.717, 1.165) is 9.80 Å². The number of benzene rings is 2. The third-order valence-electron chi connectivity index (χ3n) is 14.2. The van der Waals surface area contributed by atoms with Crippen LogP contribution >= 0.6 is 0 Å². The molecule has 2 aliphatic rings. The molecule has 0 radical (unpaired) electrons. The first-order valence-corrected chi connectivity index (χ1v) is 26.7. The van der Waals surface area contributed by atoms with E-state index in [9.17, 15) is 73.5 Å². The fraction of sp³-hybridized carbons (Fsp3) is 0.593. The Kier molecular flexibility index (Phi) is 24.6. The van der Waals surface area contributed by atoms with Crippen LogP contribution in [0.1, 0.15) is 97.6 Å². The fourth-order valence-electron chi connectivity index (χ4n) is 9.22. The Morgan fingerprint density at radius 2 is 1.43 bits per heavy atom. The minimum Gasteiger partial charge on any atom is -0.508 e. The number of hydrogen-bond donors (Lipinski definition) is 12. The Balaban J connectivity index is 1.84. The van der Waals surface area contributed by atoms with Crippen molar-refractivity contribution < 1.29 is 83.0 Å². The van der Waals surface area contributed by atoms with Crippen molar-refractivity contribution in [1.29, 1.82) is 0 Å². The number of primary amides is 1. The molecule has 0 aliphatic carbocycles. The summed E-state index contributed by atoms with van der Waals surface area (Å²) in [6, 6.07) is -0.531. The van der Waals surface area contributed by atoms with Gasteiger partial charge in [-0.2, -0.15) is 0 Å². The van der Waals surface area contributed by atoms with Gasteiger partial charge >= 0.3 is 5.97 Å². The van der Waals surface area contributed by atoms with Crippen molar-refractivity contribution in [3.63, 3.8) is 0 Å². The number of nitrogens with two attached hydrogens (primary N) is 1. The Morgan fingerprint density at radius 3 is 2.00 bits per heavy atom. The summed E-state index contributed by atoms with van der Waals surface area (Å²) in [5.74, 6) is -10.9. The summed E-state index contributed by atoms with van der Waals surface area (Å²) in [5.41, 5.74) is 6.58. The highest BCUT2D eigenvalue weighted by molar-refractivity contribution is 5.99. The zero-order chi connectivity index (χ0) is 59.7. The van der Waals surface area contributed by atoms with Crippen LogP contribution in [0.25, 0.3) is 0 Å². The summed E-state index contributed by atoms with van der Waals surface area (Å²) in [6.45, 7) is 8.20. The van der Waals surface area contributed by atoms with Gasteiger partial charge in [-0.05, 0) is 99.6 Å². The van der Waals surface area contributed by atoms with Gasteiger partial charge in [-0.1, -0.05) is 58.4 Å². The van der Waals surface area contributed by atoms with Crippen LogP contribution in [0.15, 0.2) is 48.5 Å². The normalized spacial score (nSPS) is 24.5. The number of aliphatic hydroxyl groups is 4. The number of likely N-dealkylation sites (N-methyl/N-ethyl adjacent to an activating group) is 1. The van der Waals surface area contributed by atoms with Crippen LogP contribution in [0.4, 0.5) is 0 Å². The lowest BCUT2D eigenvalue weighted by molar-refractivity contribution is -0.170. The number of hydrogen-bond acceptors (Lipinski definition) is 17. The first-order valence-electron chi connectivity index (χ1n) is 26.7. The topological polar surface area (TPSA) is 395 Å². The lowest BCUT2D eigenvalue weighted by atomic mass is 9.95. The van der Waals surface area contributed by atoms with Crippen LogP contribution < -0.4 is 42.4 Å². The van der Waals surface area contributed by atoms with Crippen molar-refractivity contribution in [2.24, 2.45) is 17.6 Å². The number of piperidine rings is 1. The molecule has 0 spiro atoms. The number of aromatic hydroxyl groups is 1. The molecule has 9 amide bonds. The number of carbonyl (C=O) groups excluding carboxylic acids is 10. The number of fused-ring (bicyclic) bond motifs is 2. The van der Waals surface area contributed by atoms with Gasteiger partial charge in [-0.3, -0.25) is 43.2 Å². The van der Waals surface area contributed by atoms with Crippen LogP contribution in [0.2, 0.25) is 0 Å². The minimum absolute atomic E-state index is 0.0452. The molecule has 2 aliphatic heterocycles. The number of amides is 9. The van der Waals surface area contributed by atoms with Gasteiger partial charge in [-0.15, -0.1) is 0 Å². The number of nitrogens with one attached hydrogen (secondary N) is 6. The fourth-order valence-corrected chi connectivity index (χ4v) is 9.22. The van der Waals surface area contributed by atoms with Crippen molar-refractivity contribution in [3.05, 3.63) is 59.7 Å². The number of phenols is 1. The summed E-state index contributed by atoms with van der Waals surface area (Å²) in [7, 11) is 2.71. The van der Waals surface area contributed by atoms with E-state index in [-0.39, 0.29) is 56.6 Å². The van der Waals surface area contributed by atoms with E-state index in [2.05, 4.69) is 31.9 Å². The molecular formula is C54H79N9O17. The van der Waals surface area contributed by atoms with Crippen LogP contribution in [0.5, 0.6) is 11.5 Å². The summed E-state index contributed by atoms with van der Waals surface area (Å²) in [6.07, 6.45) is -8.43. The van der Waals surface area contributed by atoms with Crippen molar-refractivity contribution >= 4 is 59.1 Å². The van der Waals surface area contributed by atoms with Crippen LogP contribution in [0, 0.1) is 11.8 Å². The van der Waals surface area contributed by atoms with Gasteiger partial charge in [0.05, 0.1) is 19.8 Å². The number of esters is 1. The molecule has 0 aromatic heterocycles. The lowest BCUT2D eigenvalue weighted by Gasteiger charge is -2.43. The van der Waals surface area contributed by atoms with Crippen LogP contribution in [-0.4, -0.2) is 188 Å². The Hall–Kier alpha value is -7.42. The summed E-state index contributed by atoms with van der Waals surface area (Å²) >= 11 is 0. The first-order chi connectivity index (χ1) is 37.7. The summed E-state index contributed by atoms with van der Waals surface area (Å²) in [4.78, 5) is 143. The molecule has 2 aromatic rings. The van der Waals surface area contributed by atoms with E-state index in [0.29, 0.717) is 16.9 Å². The van der Waals surface area contributed by atoms with Crippen LogP contribution in [-0.2, 0) is 65.5 Å².